The molecule has 29 heavy (non-hydrogen) atoms. The second-order valence-electron chi connectivity index (χ2n) is 6.92. The van der Waals surface area contributed by atoms with Crippen LogP contribution in [-0.2, 0) is 4.74 Å². The van der Waals surface area contributed by atoms with Crippen LogP contribution in [0.4, 0.5) is 11.4 Å². The van der Waals surface area contributed by atoms with Gasteiger partial charge in [-0.15, -0.1) is 0 Å². The van der Waals surface area contributed by atoms with E-state index in [1.165, 1.54) is 0 Å². The summed E-state index contributed by atoms with van der Waals surface area (Å²) in [6.45, 7) is 7.36. The van der Waals surface area contributed by atoms with Gasteiger partial charge in [0.15, 0.2) is 5.11 Å². The Bertz CT molecular complexity index is 818. The molecule has 1 heterocycles. The van der Waals surface area contributed by atoms with Gasteiger partial charge in [0.2, 0.25) is 0 Å². The highest BCUT2D eigenvalue weighted by Crippen LogP contribution is 2.19. The maximum atomic E-state index is 12.4. The number of nitrogens with one attached hydrogen (secondary N) is 2. The molecule has 1 aliphatic heterocycles. The summed E-state index contributed by atoms with van der Waals surface area (Å²) in [5.74, 6) is 0.486. The minimum absolute atomic E-state index is 0.140. The fraction of sp³-hybridized carbons (Fsp3) is 0.364. The van der Waals surface area contributed by atoms with Gasteiger partial charge in [0.1, 0.15) is 5.75 Å². The van der Waals surface area contributed by atoms with Gasteiger partial charge < -0.3 is 19.7 Å². The second-order valence-corrected chi connectivity index (χ2v) is 7.32. The molecule has 2 aromatic rings. The molecule has 3 rings (SSSR count). The molecule has 0 unspecified atom stereocenters. The Morgan fingerprint density at radius 1 is 1.14 bits per heavy atom. The number of amides is 1. The number of hydrogen-bond acceptors (Lipinski definition) is 5. The maximum absolute atomic E-state index is 12.4. The van der Waals surface area contributed by atoms with E-state index in [2.05, 4.69) is 22.5 Å². The Morgan fingerprint density at radius 2 is 1.79 bits per heavy atom. The molecule has 0 spiro atoms. The van der Waals surface area contributed by atoms with Crippen LogP contribution in [0.3, 0.4) is 0 Å². The number of benzene rings is 2. The number of hydrogen-bond donors (Lipinski definition) is 2. The van der Waals surface area contributed by atoms with Crippen LogP contribution in [0.15, 0.2) is 48.5 Å². The van der Waals surface area contributed by atoms with Crippen LogP contribution in [0.2, 0.25) is 0 Å². The molecule has 6 nitrogen and oxygen atoms in total. The monoisotopic (exact) mass is 413 g/mol. The summed E-state index contributed by atoms with van der Waals surface area (Å²) in [5.41, 5.74) is 2.49. The molecule has 2 N–H and O–H groups in total. The molecule has 0 aromatic heterocycles. The summed E-state index contributed by atoms with van der Waals surface area (Å²) in [6.07, 6.45) is 1.07. The molecule has 7 heteroatoms. The van der Waals surface area contributed by atoms with Gasteiger partial charge in [0.05, 0.1) is 19.3 Å². The van der Waals surface area contributed by atoms with Crippen molar-refractivity contribution in [2.75, 3.05) is 36.5 Å². The van der Waals surface area contributed by atoms with Crippen molar-refractivity contribution in [1.82, 2.24) is 5.32 Å². The lowest BCUT2D eigenvalue weighted by Crippen LogP contribution is -2.36. The summed E-state index contributed by atoms with van der Waals surface area (Å²) >= 11 is 5.27. The first-order chi connectivity index (χ1) is 14.0. The van der Waals surface area contributed by atoms with Crippen LogP contribution < -0.4 is 20.3 Å². The van der Waals surface area contributed by atoms with E-state index in [9.17, 15) is 4.79 Å². The van der Waals surface area contributed by atoms with Gasteiger partial charge in [-0.3, -0.25) is 10.1 Å². The van der Waals surface area contributed by atoms with Crippen molar-refractivity contribution in [1.29, 1.82) is 0 Å². The first-order valence-corrected chi connectivity index (χ1v) is 10.3. The fourth-order valence-electron chi connectivity index (χ4n) is 2.92. The average molecular weight is 414 g/mol. The highest BCUT2D eigenvalue weighted by atomic mass is 32.1. The van der Waals surface area contributed by atoms with Crippen molar-refractivity contribution in [2.24, 2.45) is 0 Å². The minimum atomic E-state index is -0.262. The zero-order valence-electron chi connectivity index (χ0n) is 16.8. The summed E-state index contributed by atoms with van der Waals surface area (Å²) < 4.78 is 11.1. The van der Waals surface area contributed by atoms with Crippen molar-refractivity contribution < 1.29 is 14.3 Å². The summed E-state index contributed by atoms with van der Waals surface area (Å²) in [4.78, 5) is 14.7. The predicted octanol–water partition coefficient (Wildman–Crippen LogP) is 3.83. The van der Waals surface area contributed by atoms with Crippen molar-refractivity contribution in [3.63, 3.8) is 0 Å². The third-order valence-electron chi connectivity index (χ3n) is 4.76. The van der Waals surface area contributed by atoms with Crippen LogP contribution in [0.1, 0.15) is 30.6 Å². The Balaban J connectivity index is 1.51. The van der Waals surface area contributed by atoms with E-state index < -0.39 is 0 Å². The number of ether oxygens (including phenoxy) is 2. The smallest absolute Gasteiger partial charge is 0.257 e. The largest absolute Gasteiger partial charge is 0.491 e. The van der Waals surface area contributed by atoms with Gasteiger partial charge in [-0.1, -0.05) is 6.92 Å². The van der Waals surface area contributed by atoms with Crippen molar-refractivity contribution in [2.45, 2.75) is 26.4 Å². The Morgan fingerprint density at radius 3 is 2.41 bits per heavy atom. The quantitative estimate of drug-likeness (QED) is 0.702. The summed E-state index contributed by atoms with van der Waals surface area (Å²) in [7, 11) is 0. The molecule has 1 amide bonds. The summed E-state index contributed by atoms with van der Waals surface area (Å²) in [5, 5.41) is 6.02. The topological polar surface area (TPSA) is 62.8 Å². The normalized spacial score (nSPS) is 14.8. The van der Waals surface area contributed by atoms with Crippen molar-refractivity contribution in [3.8, 4) is 5.75 Å². The van der Waals surface area contributed by atoms with Crippen molar-refractivity contribution in [3.05, 3.63) is 54.1 Å². The average Bonchev–Trinajstić information content (AvgIpc) is 2.75. The van der Waals surface area contributed by atoms with Gasteiger partial charge in [-0.2, -0.15) is 0 Å². The highest BCUT2D eigenvalue weighted by molar-refractivity contribution is 7.80. The zero-order valence-corrected chi connectivity index (χ0v) is 17.6. The summed E-state index contributed by atoms with van der Waals surface area (Å²) in [6, 6.07) is 15.0. The molecule has 1 atom stereocenters. The second kappa shape index (κ2) is 10.2. The first-order valence-electron chi connectivity index (χ1n) is 9.87. The molecule has 0 aliphatic carbocycles. The van der Waals surface area contributed by atoms with Gasteiger partial charge in [0.25, 0.3) is 5.91 Å². The van der Waals surface area contributed by atoms with Gasteiger partial charge in [-0.05, 0) is 74.1 Å². The number of morpholine rings is 1. The number of carbonyl (C=O) groups is 1. The van der Waals surface area contributed by atoms with E-state index in [0.717, 1.165) is 49.8 Å². The van der Waals surface area contributed by atoms with E-state index in [4.69, 9.17) is 21.7 Å². The minimum Gasteiger partial charge on any atom is -0.491 e. The molecule has 1 fully saturated rings. The molecule has 0 saturated carbocycles. The van der Waals surface area contributed by atoms with E-state index in [1.54, 1.807) is 24.3 Å². The van der Waals surface area contributed by atoms with Crippen LogP contribution in [0, 0.1) is 0 Å². The van der Waals surface area contributed by atoms with Crippen LogP contribution >= 0.6 is 12.2 Å². The first kappa shape index (κ1) is 21.1. The third-order valence-corrected chi connectivity index (χ3v) is 4.96. The van der Waals surface area contributed by atoms with Gasteiger partial charge in [-0.25, -0.2) is 0 Å². The standard InChI is InChI=1S/C22H27N3O3S/c1-3-16(2)28-20-10-4-17(5-11-20)21(26)24-22(29)23-18-6-8-19(9-7-18)25-12-14-27-15-13-25/h4-11,16H,3,12-15H2,1-2H3,(H2,23,24,26,29)/t16-/m1/s1. The number of rotatable bonds is 6. The molecule has 2 aromatic carbocycles. The van der Waals surface area contributed by atoms with Crippen LogP contribution in [0.25, 0.3) is 0 Å². The third kappa shape index (κ3) is 6.17. The number of carbonyl (C=O) groups excluding carboxylic acids is 1. The number of anilines is 2. The van der Waals surface area contributed by atoms with Crippen LogP contribution in [0.5, 0.6) is 5.75 Å². The number of nitrogens with zero attached hydrogens (tertiary/aromatic N) is 1. The van der Waals surface area contributed by atoms with E-state index in [1.807, 2.05) is 31.2 Å². The Kier molecular flexibility index (Phi) is 7.43. The van der Waals surface area contributed by atoms with E-state index in [0.29, 0.717) is 5.56 Å². The highest BCUT2D eigenvalue weighted by Gasteiger charge is 2.12. The van der Waals surface area contributed by atoms with Gasteiger partial charge >= 0.3 is 0 Å². The molecule has 0 radical (unpaired) electrons. The Labute approximate surface area is 177 Å². The molecule has 1 saturated heterocycles. The lowest BCUT2D eigenvalue weighted by atomic mass is 10.2. The predicted molar refractivity (Wildman–Crippen MR) is 120 cm³/mol. The molecule has 0 bridgehead atoms. The lowest BCUT2D eigenvalue weighted by Gasteiger charge is -2.28. The van der Waals surface area contributed by atoms with Gasteiger partial charge in [0, 0.05) is 30.0 Å². The van der Waals surface area contributed by atoms with Crippen molar-refractivity contribution >= 4 is 34.6 Å². The van der Waals surface area contributed by atoms with Crippen LogP contribution in [-0.4, -0.2) is 43.4 Å². The van der Waals surface area contributed by atoms with E-state index >= 15 is 0 Å². The maximum Gasteiger partial charge on any atom is 0.257 e. The number of thiocarbonyl (C=S) groups is 1. The molecule has 1 aliphatic rings. The fourth-order valence-corrected chi connectivity index (χ4v) is 3.13. The molecule has 154 valence electrons. The molecular formula is C22H27N3O3S. The Hall–Kier alpha value is -2.64. The van der Waals surface area contributed by atoms with E-state index in [-0.39, 0.29) is 17.1 Å². The SMILES string of the molecule is CC[C@@H](C)Oc1ccc(C(=O)NC(=S)Nc2ccc(N3CCOCC3)cc2)cc1. The zero-order chi connectivity index (χ0) is 20.6. The lowest BCUT2D eigenvalue weighted by molar-refractivity contribution is 0.0977. The molecular weight excluding hydrogens is 386 g/mol.